The molecule has 0 radical (unpaired) electrons. The molecule has 0 heterocycles. The van der Waals surface area contributed by atoms with E-state index in [-0.39, 0.29) is 0 Å². The second-order valence-corrected chi connectivity index (χ2v) is 6.36. The van der Waals surface area contributed by atoms with E-state index >= 15 is 0 Å². The highest BCUT2D eigenvalue weighted by molar-refractivity contribution is 6.08. The van der Waals surface area contributed by atoms with Crippen molar-refractivity contribution in [3.8, 4) is 16.9 Å². The van der Waals surface area contributed by atoms with Crippen LogP contribution in [-0.2, 0) is 4.79 Å². The summed E-state index contributed by atoms with van der Waals surface area (Å²) >= 11 is 0. The molecule has 26 heavy (non-hydrogen) atoms. The van der Waals surface area contributed by atoms with Crippen LogP contribution in [0.1, 0.15) is 6.92 Å². The van der Waals surface area contributed by atoms with E-state index in [1.54, 1.807) is 6.92 Å². The number of fused-ring (bicyclic) bond motifs is 2. The van der Waals surface area contributed by atoms with Crippen LogP contribution in [0.25, 0.3) is 32.7 Å². The van der Waals surface area contributed by atoms with Gasteiger partial charge in [-0.1, -0.05) is 79.4 Å². The number of rotatable bonds is 3. The molecule has 126 valence electrons. The van der Waals surface area contributed by atoms with Crippen LogP contribution in [0.15, 0.2) is 91.0 Å². The fraction of sp³-hybridized carbons (Fsp3) is 0.0417. The topological polar surface area (TPSA) is 26.3 Å². The van der Waals surface area contributed by atoms with Gasteiger partial charge in [0.05, 0.1) is 0 Å². The van der Waals surface area contributed by atoms with Crippen LogP contribution in [0, 0.1) is 0 Å². The summed E-state index contributed by atoms with van der Waals surface area (Å²) in [5.41, 5.74) is 2.35. The monoisotopic (exact) mass is 338 g/mol. The first-order valence-corrected chi connectivity index (χ1v) is 8.53. The summed E-state index contributed by atoms with van der Waals surface area (Å²) in [5.74, 6) is 0.134. The Kier molecular flexibility index (Phi) is 4.02. The van der Waals surface area contributed by atoms with Gasteiger partial charge in [0.25, 0.3) is 0 Å². The van der Waals surface area contributed by atoms with Crippen molar-refractivity contribution in [2.24, 2.45) is 0 Å². The Morgan fingerprint density at radius 1 is 0.769 bits per heavy atom. The minimum atomic E-state index is -0.415. The van der Waals surface area contributed by atoms with Crippen molar-refractivity contribution >= 4 is 27.5 Å². The summed E-state index contributed by atoms with van der Waals surface area (Å²) in [7, 11) is 0. The predicted molar refractivity (Wildman–Crippen MR) is 107 cm³/mol. The van der Waals surface area contributed by atoms with Crippen LogP contribution < -0.4 is 4.74 Å². The van der Waals surface area contributed by atoms with Crippen LogP contribution in [0.4, 0.5) is 0 Å². The Hall–Kier alpha value is -3.39. The Balaban J connectivity index is 2.05. The van der Waals surface area contributed by atoms with E-state index in [2.05, 4.69) is 43.0 Å². The largest absolute Gasteiger partial charge is 0.423 e. The number of esters is 1. The van der Waals surface area contributed by atoms with E-state index < -0.39 is 5.97 Å². The van der Waals surface area contributed by atoms with E-state index in [1.807, 2.05) is 42.5 Å². The summed E-state index contributed by atoms with van der Waals surface area (Å²) in [6, 6.07) is 26.4. The molecule has 0 aliphatic carbocycles. The van der Waals surface area contributed by atoms with E-state index in [9.17, 15) is 4.79 Å². The van der Waals surface area contributed by atoms with Crippen LogP contribution in [-0.4, -0.2) is 5.97 Å². The highest BCUT2D eigenvalue weighted by Crippen LogP contribution is 2.40. The van der Waals surface area contributed by atoms with E-state index in [1.165, 1.54) is 0 Å². The Morgan fingerprint density at radius 3 is 2.12 bits per heavy atom. The lowest BCUT2D eigenvalue weighted by atomic mass is 9.93. The highest BCUT2D eigenvalue weighted by Gasteiger charge is 2.16. The fourth-order valence-electron chi connectivity index (χ4n) is 3.24. The number of benzene rings is 4. The zero-order chi connectivity index (χ0) is 18.1. The Bertz CT molecular complexity index is 1150. The lowest BCUT2D eigenvalue weighted by molar-refractivity contribution is -0.130. The van der Waals surface area contributed by atoms with Gasteiger partial charge in [0.15, 0.2) is 0 Å². The van der Waals surface area contributed by atoms with Crippen molar-refractivity contribution in [3.63, 3.8) is 0 Å². The molecule has 0 fully saturated rings. The minimum Gasteiger partial charge on any atom is -0.423 e. The second kappa shape index (κ2) is 6.49. The molecule has 0 aromatic heterocycles. The van der Waals surface area contributed by atoms with Crippen LogP contribution in [0.3, 0.4) is 0 Å². The highest BCUT2D eigenvalue weighted by atomic mass is 16.5. The molecule has 0 amide bonds. The third kappa shape index (κ3) is 2.76. The second-order valence-electron chi connectivity index (χ2n) is 6.36. The summed E-state index contributed by atoms with van der Waals surface area (Å²) < 4.78 is 5.68. The molecule has 0 aliphatic heterocycles. The van der Waals surface area contributed by atoms with Crippen molar-refractivity contribution in [3.05, 3.63) is 91.0 Å². The van der Waals surface area contributed by atoms with Gasteiger partial charge < -0.3 is 4.74 Å². The maximum absolute atomic E-state index is 12.2. The van der Waals surface area contributed by atoms with Crippen LogP contribution in [0.2, 0.25) is 0 Å². The Morgan fingerprint density at radius 2 is 1.38 bits per heavy atom. The first-order valence-electron chi connectivity index (χ1n) is 8.53. The van der Waals surface area contributed by atoms with E-state index in [4.69, 9.17) is 4.74 Å². The van der Waals surface area contributed by atoms with Gasteiger partial charge in [-0.15, -0.1) is 0 Å². The molecule has 4 aromatic rings. The molecule has 2 heteroatoms. The Labute approximate surface area is 152 Å². The lowest BCUT2D eigenvalue weighted by Gasteiger charge is -2.15. The number of hydrogen-bond donors (Lipinski definition) is 0. The average molecular weight is 338 g/mol. The normalized spacial score (nSPS) is 10.8. The number of carbonyl (C=O) groups excluding carboxylic acids is 1. The van der Waals surface area contributed by atoms with Gasteiger partial charge >= 0.3 is 5.97 Å². The molecule has 2 nitrogen and oxygen atoms in total. The van der Waals surface area contributed by atoms with Crippen molar-refractivity contribution in [2.75, 3.05) is 0 Å². The minimum absolute atomic E-state index is 0.377. The maximum Gasteiger partial charge on any atom is 0.338 e. The summed E-state index contributed by atoms with van der Waals surface area (Å²) in [6.07, 6.45) is 0. The quantitative estimate of drug-likeness (QED) is 0.255. The molecule has 0 aliphatic rings. The van der Waals surface area contributed by atoms with Crippen LogP contribution >= 0.6 is 0 Å². The van der Waals surface area contributed by atoms with Crippen molar-refractivity contribution in [2.45, 2.75) is 6.92 Å². The van der Waals surface area contributed by atoms with Gasteiger partial charge in [-0.25, -0.2) is 4.79 Å². The third-order valence-electron chi connectivity index (χ3n) is 4.50. The zero-order valence-electron chi connectivity index (χ0n) is 14.5. The van der Waals surface area contributed by atoms with E-state index in [0.717, 1.165) is 32.7 Å². The standard InChI is InChI=1S/C24H18O2/c1-16(2)24(25)26-22-15-14-18-9-4-6-12-20(18)23(22)21-13-7-10-17-8-3-5-11-19(17)21/h3-15H,1H2,2H3. The lowest BCUT2D eigenvalue weighted by Crippen LogP contribution is -2.09. The van der Waals surface area contributed by atoms with Crippen molar-refractivity contribution in [1.82, 2.24) is 0 Å². The number of ether oxygens (including phenoxy) is 1. The van der Waals surface area contributed by atoms with E-state index in [0.29, 0.717) is 11.3 Å². The molecule has 0 atom stereocenters. The van der Waals surface area contributed by atoms with Crippen LogP contribution in [0.5, 0.6) is 5.75 Å². The van der Waals surface area contributed by atoms with Gasteiger partial charge in [-0.3, -0.25) is 0 Å². The molecule has 0 saturated carbocycles. The SMILES string of the molecule is C=C(C)C(=O)Oc1ccc2ccccc2c1-c1cccc2ccccc12. The van der Waals surface area contributed by atoms with Crippen molar-refractivity contribution in [1.29, 1.82) is 0 Å². The van der Waals surface area contributed by atoms with Crippen molar-refractivity contribution < 1.29 is 9.53 Å². The summed E-state index contributed by atoms with van der Waals surface area (Å²) in [4.78, 5) is 12.2. The molecular weight excluding hydrogens is 320 g/mol. The molecule has 0 bridgehead atoms. The third-order valence-corrected chi connectivity index (χ3v) is 4.50. The van der Waals surface area contributed by atoms with Gasteiger partial charge in [0.1, 0.15) is 5.75 Å². The average Bonchev–Trinajstić information content (AvgIpc) is 2.67. The first kappa shape index (κ1) is 16.1. The van der Waals surface area contributed by atoms with Gasteiger partial charge in [0.2, 0.25) is 0 Å². The molecule has 0 unspecified atom stereocenters. The molecule has 4 rings (SSSR count). The van der Waals surface area contributed by atoms with Gasteiger partial charge in [0, 0.05) is 11.1 Å². The number of carbonyl (C=O) groups is 1. The first-order chi connectivity index (χ1) is 12.6. The summed E-state index contributed by atoms with van der Waals surface area (Å²) in [6.45, 7) is 5.35. The fourth-order valence-corrected chi connectivity index (χ4v) is 3.24. The smallest absolute Gasteiger partial charge is 0.338 e. The molecule has 0 saturated heterocycles. The number of hydrogen-bond acceptors (Lipinski definition) is 2. The maximum atomic E-state index is 12.2. The van der Waals surface area contributed by atoms with Gasteiger partial charge in [-0.05, 0) is 40.1 Å². The molecular formula is C24H18O2. The molecule has 0 N–H and O–H groups in total. The predicted octanol–water partition coefficient (Wildman–Crippen LogP) is 6.14. The molecule has 4 aromatic carbocycles. The zero-order valence-corrected chi connectivity index (χ0v) is 14.5. The van der Waals surface area contributed by atoms with Gasteiger partial charge in [-0.2, -0.15) is 0 Å². The molecule has 0 spiro atoms. The summed E-state index contributed by atoms with van der Waals surface area (Å²) in [5, 5.41) is 4.43.